The number of carbonyl (C=O) groups is 1. The number of nitrogens with zero attached hydrogens (tertiary/aromatic N) is 5. The lowest BCUT2D eigenvalue weighted by Gasteiger charge is -2.32. The van der Waals surface area contributed by atoms with Gasteiger partial charge in [-0.1, -0.05) is 11.6 Å². The number of pyridine rings is 1. The van der Waals surface area contributed by atoms with Crippen molar-refractivity contribution >= 4 is 23.5 Å². The molecule has 2 aromatic heterocycles. The van der Waals surface area contributed by atoms with E-state index >= 15 is 0 Å². The maximum Gasteiger partial charge on any atom is 0.257 e. The van der Waals surface area contributed by atoms with Crippen LogP contribution in [0.3, 0.4) is 0 Å². The maximum atomic E-state index is 13.8. The summed E-state index contributed by atoms with van der Waals surface area (Å²) in [5.74, 6) is 1.03. The molecule has 0 unspecified atom stereocenters. The Kier molecular flexibility index (Phi) is 6.32. The number of rotatable bonds is 4. The van der Waals surface area contributed by atoms with Crippen molar-refractivity contribution < 1.29 is 13.9 Å². The van der Waals surface area contributed by atoms with E-state index in [-0.39, 0.29) is 23.4 Å². The normalized spacial score (nSPS) is 15.7. The largest absolute Gasteiger partial charge is 0.438 e. The zero-order chi connectivity index (χ0) is 23.7. The van der Waals surface area contributed by atoms with Gasteiger partial charge in [0.15, 0.2) is 0 Å². The Balaban J connectivity index is 1.50. The van der Waals surface area contributed by atoms with Crippen LogP contribution < -0.4 is 9.64 Å². The minimum Gasteiger partial charge on any atom is -0.438 e. The zero-order valence-corrected chi connectivity index (χ0v) is 19.7. The first-order valence-corrected chi connectivity index (χ1v) is 11.9. The number of aryl methyl sites for hydroxylation is 1. The fourth-order valence-electron chi connectivity index (χ4n) is 4.37. The summed E-state index contributed by atoms with van der Waals surface area (Å²) in [6, 6.07) is 7.96. The number of amides is 1. The average Bonchev–Trinajstić information content (AvgIpc) is 2.86. The quantitative estimate of drug-likeness (QED) is 0.491. The number of fused-ring (bicyclic) bond motifs is 1. The Morgan fingerprint density at radius 3 is 2.71 bits per heavy atom. The Hall–Kier alpha value is -3.26. The molecule has 4 heterocycles. The number of piperidine rings is 1. The molecule has 0 atom stereocenters. The van der Waals surface area contributed by atoms with Gasteiger partial charge in [0.2, 0.25) is 11.8 Å². The molecule has 1 aromatic carbocycles. The number of carbonyl (C=O) groups excluding carboxylic acids is 1. The zero-order valence-electron chi connectivity index (χ0n) is 18.9. The fraction of sp³-hybridized carbons (Fsp3) is 0.360. The van der Waals surface area contributed by atoms with E-state index in [1.165, 1.54) is 12.5 Å². The number of halogens is 2. The molecule has 0 aliphatic carbocycles. The van der Waals surface area contributed by atoms with Gasteiger partial charge in [-0.15, -0.1) is 0 Å². The summed E-state index contributed by atoms with van der Waals surface area (Å²) in [5, 5.41) is 0.174. The second-order valence-electron chi connectivity index (χ2n) is 8.63. The van der Waals surface area contributed by atoms with Gasteiger partial charge < -0.3 is 14.5 Å². The third-order valence-electron chi connectivity index (χ3n) is 6.27. The molecular formula is C25H25ClFN5O2. The van der Waals surface area contributed by atoms with Gasteiger partial charge in [-0.2, -0.15) is 4.98 Å². The Labute approximate surface area is 202 Å². The molecule has 0 spiro atoms. The highest BCUT2D eigenvalue weighted by Gasteiger charge is 2.29. The second kappa shape index (κ2) is 9.54. The first kappa shape index (κ1) is 22.5. The molecule has 1 saturated heterocycles. The lowest BCUT2D eigenvalue weighted by Crippen LogP contribution is -2.38. The van der Waals surface area contributed by atoms with E-state index in [1.54, 1.807) is 42.3 Å². The summed E-state index contributed by atoms with van der Waals surface area (Å²) in [5.41, 5.74) is 2.46. The molecule has 34 heavy (non-hydrogen) atoms. The van der Waals surface area contributed by atoms with Crippen molar-refractivity contribution in [3.63, 3.8) is 0 Å². The summed E-state index contributed by atoms with van der Waals surface area (Å²) in [6.45, 7) is 4.28. The van der Waals surface area contributed by atoms with Gasteiger partial charge in [-0.3, -0.25) is 4.79 Å². The van der Waals surface area contributed by atoms with Crippen LogP contribution in [0.2, 0.25) is 5.15 Å². The average molecular weight is 482 g/mol. The van der Waals surface area contributed by atoms with Crippen LogP contribution in [0.25, 0.3) is 0 Å². The van der Waals surface area contributed by atoms with Gasteiger partial charge >= 0.3 is 0 Å². The van der Waals surface area contributed by atoms with Gasteiger partial charge in [0, 0.05) is 32.3 Å². The Morgan fingerprint density at radius 1 is 1.12 bits per heavy atom. The molecule has 1 fully saturated rings. The molecule has 0 radical (unpaired) electrons. The van der Waals surface area contributed by atoms with E-state index in [2.05, 4.69) is 9.88 Å². The van der Waals surface area contributed by atoms with Crippen molar-refractivity contribution in [2.75, 3.05) is 24.5 Å². The molecule has 0 bridgehead atoms. The second-order valence-corrected chi connectivity index (χ2v) is 8.99. The number of hydrogen-bond acceptors (Lipinski definition) is 6. The van der Waals surface area contributed by atoms with Crippen LogP contribution in [0.15, 0.2) is 36.5 Å². The van der Waals surface area contributed by atoms with Gasteiger partial charge in [0.1, 0.15) is 16.7 Å². The summed E-state index contributed by atoms with van der Waals surface area (Å²) in [7, 11) is 0. The highest BCUT2D eigenvalue weighted by atomic mass is 35.5. The summed E-state index contributed by atoms with van der Waals surface area (Å²) >= 11 is 6.17. The van der Waals surface area contributed by atoms with Crippen LogP contribution >= 0.6 is 11.6 Å². The lowest BCUT2D eigenvalue weighted by molar-refractivity contribution is 0.0731. The van der Waals surface area contributed by atoms with Crippen molar-refractivity contribution in [1.82, 2.24) is 19.9 Å². The molecule has 0 saturated carbocycles. The van der Waals surface area contributed by atoms with E-state index in [4.69, 9.17) is 26.3 Å². The van der Waals surface area contributed by atoms with Crippen LogP contribution in [-0.2, 0) is 13.0 Å². The molecule has 2 aliphatic rings. The molecule has 3 aromatic rings. The number of hydrogen-bond donors (Lipinski definition) is 0. The Morgan fingerprint density at radius 2 is 1.94 bits per heavy atom. The van der Waals surface area contributed by atoms with Crippen molar-refractivity contribution in [1.29, 1.82) is 0 Å². The third kappa shape index (κ3) is 4.55. The SMILES string of the molecule is Cc1cc(Oc2nc(N3CCCCC3)nc3c2CN(C(=O)c2cccnc2Cl)CC3)ccc1F. The van der Waals surface area contributed by atoms with Crippen molar-refractivity contribution in [3.8, 4) is 11.6 Å². The van der Waals surface area contributed by atoms with E-state index < -0.39 is 0 Å². The number of aromatic nitrogens is 3. The van der Waals surface area contributed by atoms with Crippen LogP contribution in [0.5, 0.6) is 11.6 Å². The van der Waals surface area contributed by atoms with Crippen LogP contribution in [-0.4, -0.2) is 45.4 Å². The predicted octanol–water partition coefficient (Wildman–Crippen LogP) is 4.95. The van der Waals surface area contributed by atoms with Gasteiger partial charge in [-0.05, 0) is 62.1 Å². The maximum absolute atomic E-state index is 13.8. The first-order valence-electron chi connectivity index (χ1n) is 11.5. The van der Waals surface area contributed by atoms with Crippen LogP contribution in [0, 0.1) is 12.7 Å². The van der Waals surface area contributed by atoms with Crippen molar-refractivity contribution in [2.45, 2.75) is 39.2 Å². The Bertz CT molecular complexity index is 1230. The standard InChI is InChI=1S/C25H25ClFN5O2/c1-16-14-17(7-8-20(16)27)34-23-19-15-32(24(33)18-6-5-10-28-22(18)26)13-9-21(19)29-25(30-23)31-11-3-2-4-12-31/h5-8,10,14H,2-4,9,11-13,15H2,1H3. The monoisotopic (exact) mass is 481 g/mol. The molecular weight excluding hydrogens is 457 g/mol. The molecule has 2 aliphatic heterocycles. The molecule has 176 valence electrons. The lowest BCUT2D eigenvalue weighted by atomic mass is 10.1. The third-order valence-corrected chi connectivity index (χ3v) is 6.57. The minimum atomic E-state index is -0.295. The van der Waals surface area contributed by atoms with Gasteiger partial charge in [-0.25, -0.2) is 14.4 Å². The summed E-state index contributed by atoms with van der Waals surface area (Å²) in [4.78, 5) is 30.7. The molecule has 1 amide bonds. The predicted molar refractivity (Wildman–Crippen MR) is 127 cm³/mol. The highest BCUT2D eigenvalue weighted by molar-refractivity contribution is 6.32. The van der Waals surface area contributed by atoms with E-state index in [1.807, 2.05) is 0 Å². The first-order chi connectivity index (χ1) is 16.5. The van der Waals surface area contributed by atoms with E-state index in [0.717, 1.165) is 37.2 Å². The summed E-state index contributed by atoms with van der Waals surface area (Å²) < 4.78 is 20.0. The highest BCUT2D eigenvalue weighted by Crippen LogP contribution is 2.33. The molecule has 7 nitrogen and oxygen atoms in total. The van der Waals surface area contributed by atoms with Crippen LogP contribution in [0.4, 0.5) is 10.3 Å². The minimum absolute atomic E-state index is 0.174. The van der Waals surface area contributed by atoms with E-state index in [9.17, 15) is 9.18 Å². The number of ether oxygens (including phenoxy) is 1. The number of anilines is 1. The van der Waals surface area contributed by atoms with Gasteiger partial charge in [0.05, 0.1) is 23.4 Å². The van der Waals surface area contributed by atoms with E-state index in [0.29, 0.717) is 41.7 Å². The number of benzene rings is 1. The smallest absolute Gasteiger partial charge is 0.257 e. The summed E-state index contributed by atoms with van der Waals surface area (Å²) in [6.07, 6.45) is 5.52. The topological polar surface area (TPSA) is 71.5 Å². The van der Waals surface area contributed by atoms with Crippen molar-refractivity contribution in [3.05, 3.63) is 69.9 Å². The van der Waals surface area contributed by atoms with Crippen LogP contribution in [0.1, 0.15) is 46.4 Å². The fourth-order valence-corrected chi connectivity index (χ4v) is 4.57. The molecule has 0 N–H and O–H groups in total. The molecule has 5 rings (SSSR count). The molecule has 9 heteroatoms. The van der Waals surface area contributed by atoms with Crippen molar-refractivity contribution in [2.24, 2.45) is 0 Å². The van der Waals surface area contributed by atoms with Gasteiger partial charge in [0.25, 0.3) is 5.91 Å².